The van der Waals surface area contributed by atoms with Crippen LogP contribution in [0.5, 0.6) is 5.75 Å². The number of carbonyl (C=O) groups excluding carboxylic acids is 1. The number of carbonyl (C=O) groups is 1. The number of nitrogens with zero attached hydrogens (tertiary/aromatic N) is 1. The molecule has 4 nitrogen and oxygen atoms in total. The first-order chi connectivity index (χ1) is 12.2. The molecule has 0 saturated carbocycles. The highest BCUT2D eigenvalue weighted by molar-refractivity contribution is 5.98. The first-order valence-electron chi connectivity index (χ1n) is 8.39. The van der Waals surface area contributed by atoms with Crippen molar-refractivity contribution >= 4 is 16.8 Å². The summed E-state index contributed by atoms with van der Waals surface area (Å²) in [4.78, 5) is 18.0. The predicted molar refractivity (Wildman–Crippen MR) is 94.3 cm³/mol. The third kappa shape index (κ3) is 2.86. The molecule has 1 unspecified atom stereocenters. The lowest BCUT2D eigenvalue weighted by atomic mass is 10.0. The van der Waals surface area contributed by atoms with Gasteiger partial charge in [0.25, 0.3) is 5.91 Å². The van der Waals surface area contributed by atoms with E-state index in [1.54, 1.807) is 19.2 Å². The summed E-state index contributed by atoms with van der Waals surface area (Å²) < 4.78 is 18.7. The van der Waals surface area contributed by atoms with Gasteiger partial charge in [-0.3, -0.25) is 4.79 Å². The van der Waals surface area contributed by atoms with Crippen molar-refractivity contribution in [1.29, 1.82) is 0 Å². The summed E-state index contributed by atoms with van der Waals surface area (Å²) >= 11 is 0. The molecule has 4 rings (SSSR count). The Morgan fingerprint density at radius 2 is 2.12 bits per heavy atom. The second kappa shape index (κ2) is 6.24. The van der Waals surface area contributed by atoms with Crippen molar-refractivity contribution in [1.82, 2.24) is 9.88 Å². The molecular formula is C20H19FN2O2. The van der Waals surface area contributed by atoms with E-state index >= 15 is 0 Å². The van der Waals surface area contributed by atoms with Gasteiger partial charge in [0, 0.05) is 17.4 Å². The molecule has 2 aromatic carbocycles. The first kappa shape index (κ1) is 15.7. The summed E-state index contributed by atoms with van der Waals surface area (Å²) in [5.41, 5.74) is 2.34. The highest BCUT2D eigenvalue weighted by Gasteiger charge is 2.31. The summed E-state index contributed by atoms with van der Waals surface area (Å²) in [5, 5.41) is 0.709. The number of halogens is 1. The molecule has 1 atom stereocenters. The predicted octanol–water partition coefficient (Wildman–Crippen LogP) is 4.29. The third-order valence-electron chi connectivity index (χ3n) is 4.81. The fourth-order valence-corrected chi connectivity index (χ4v) is 3.58. The van der Waals surface area contributed by atoms with E-state index in [0.29, 0.717) is 17.6 Å². The largest absolute Gasteiger partial charge is 0.497 e. The van der Waals surface area contributed by atoms with Gasteiger partial charge in [-0.25, -0.2) is 4.39 Å². The van der Waals surface area contributed by atoms with Crippen LogP contribution in [0.4, 0.5) is 4.39 Å². The summed E-state index contributed by atoms with van der Waals surface area (Å²) in [7, 11) is 1.64. The Labute approximate surface area is 145 Å². The molecule has 1 amide bonds. The maximum Gasteiger partial charge on any atom is 0.270 e. The van der Waals surface area contributed by atoms with E-state index in [4.69, 9.17) is 4.74 Å². The van der Waals surface area contributed by atoms with Crippen LogP contribution in [0, 0.1) is 5.82 Å². The Bertz CT molecular complexity index is 934. The quantitative estimate of drug-likeness (QED) is 0.774. The molecule has 1 saturated heterocycles. The van der Waals surface area contributed by atoms with E-state index in [9.17, 15) is 9.18 Å². The van der Waals surface area contributed by atoms with Crippen LogP contribution in [0.25, 0.3) is 10.9 Å². The van der Waals surface area contributed by atoms with Crippen LogP contribution in [0.3, 0.4) is 0 Å². The molecule has 2 heterocycles. The molecule has 1 aliphatic heterocycles. The van der Waals surface area contributed by atoms with Gasteiger partial charge in [0.1, 0.15) is 17.3 Å². The van der Waals surface area contributed by atoms with Crippen LogP contribution in [0.15, 0.2) is 48.5 Å². The molecule has 3 aromatic rings. The van der Waals surface area contributed by atoms with E-state index in [1.165, 1.54) is 12.1 Å². The second-order valence-corrected chi connectivity index (χ2v) is 6.35. The number of nitrogens with one attached hydrogen (secondary N) is 1. The van der Waals surface area contributed by atoms with E-state index in [2.05, 4.69) is 4.98 Å². The standard InChI is InChI=1S/C20H19FN2O2/c1-25-16-5-2-4-13(11-16)19-6-3-9-23(19)20(24)18-12-14-10-15(21)7-8-17(14)22-18/h2,4-5,7-8,10-12,19,22H,3,6,9H2,1H3. The lowest BCUT2D eigenvalue weighted by Gasteiger charge is -2.25. The van der Waals surface area contributed by atoms with Crippen molar-refractivity contribution < 1.29 is 13.9 Å². The topological polar surface area (TPSA) is 45.3 Å². The van der Waals surface area contributed by atoms with E-state index in [-0.39, 0.29) is 17.8 Å². The summed E-state index contributed by atoms with van der Waals surface area (Å²) in [6.45, 7) is 0.713. The van der Waals surface area contributed by atoms with Gasteiger partial charge in [0.05, 0.1) is 13.2 Å². The zero-order valence-corrected chi connectivity index (χ0v) is 14.0. The van der Waals surface area contributed by atoms with Crippen LogP contribution < -0.4 is 4.74 Å². The number of likely N-dealkylation sites (tertiary alicyclic amines) is 1. The molecule has 0 spiro atoms. The minimum Gasteiger partial charge on any atom is -0.497 e. The van der Waals surface area contributed by atoms with Gasteiger partial charge in [-0.2, -0.15) is 0 Å². The number of H-pyrrole nitrogens is 1. The highest BCUT2D eigenvalue weighted by Crippen LogP contribution is 2.34. The minimum absolute atomic E-state index is 0.0331. The monoisotopic (exact) mass is 338 g/mol. The van der Waals surface area contributed by atoms with Crippen LogP contribution in [-0.4, -0.2) is 29.4 Å². The van der Waals surface area contributed by atoms with Crippen LogP contribution in [0.2, 0.25) is 0 Å². The number of aromatic amines is 1. The number of ether oxygens (including phenoxy) is 1. The molecule has 1 aromatic heterocycles. The fraction of sp³-hybridized carbons (Fsp3) is 0.250. The molecule has 0 aliphatic carbocycles. The maximum absolute atomic E-state index is 13.4. The summed E-state index contributed by atoms with van der Waals surface area (Å²) in [5.74, 6) is 0.431. The third-order valence-corrected chi connectivity index (χ3v) is 4.81. The molecule has 128 valence electrons. The minimum atomic E-state index is -0.305. The van der Waals surface area contributed by atoms with Crippen molar-refractivity contribution in [2.24, 2.45) is 0 Å². The van der Waals surface area contributed by atoms with Crippen molar-refractivity contribution in [2.75, 3.05) is 13.7 Å². The number of rotatable bonds is 3. The molecule has 0 radical (unpaired) electrons. The number of hydrogen-bond acceptors (Lipinski definition) is 2. The van der Waals surface area contributed by atoms with Crippen LogP contribution in [-0.2, 0) is 0 Å². The number of fused-ring (bicyclic) bond motifs is 1. The molecule has 5 heteroatoms. The van der Waals surface area contributed by atoms with Gasteiger partial charge < -0.3 is 14.6 Å². The Kier molecular flexibility index (Phi) is 3.92. The average molecular weight is 338 g/mol. The van der Waals surface area contributed by atoms with Gasteiger partial charge in [0.2, 0.25) is 0 Å². The van der Waals surface area contributed by atoms with Gasteiger partial charge >= 0.3 is 0 Å². The average Bonchev–Trinajstić information content (AvgIpc) is 3.27. The molecule has 0 bridgehead atoms. The van der Waals surface area contributed by atoms with Crippen LogP contribution >= 0.6 is 0 Å². The molecule has 1 aliphatic rings. The lowest BCUT2D eigenvalue weighted by Crippen LogP contribution is -2.30. The molecular weight excluding hydrogens is 319 g/mol. The Balaban J connectivity index is 1.65. The summed E-state index contributed by atoms with van der Waals surface area (Å²) in [6.07, 6.45) is 1.89. The first-order valence-corrected chi connectivity index (χ1v) is 8.39. The number of benzene rings is 2. The van der Waals surface area contributed by atoms with E-state index in [0.717, 1.165) is 29.7 Å². The Morgan fingerprint density at radius 1 is 1.24 bits per heavy atom. The zero-order valence-electron chi connectivity index (χ0n) is 14.0. The van der Waals surface area contributed by atoms with Gasteiger partial charge in [0.15, 0.2) is 0 Å². The van der Waals surface area contributed by atoms with Crippen LogP contribution in [0.1, 0.15) is 34.9 Å². The summed E-state index contributed by atoms with van der Waals surface area (Å²) in [6, 6.07) is 14.1. The van der Waals surface area contributed by atoms with E-state index in [1.807, 2.05) is 29.2 Å². The van der Waals surface area contributed by atoms with Gasteiger partial charge in [-0.05, 0) is 54.8 Å². The smallest absolute Gasteiger partial charge is 0.270 e. The number of hydrogen-bond donors (Lipinski definition) is 1. The molecule has 25 heavy (non-hydrogen) atoms. The zero-order chi connectivity index (χ0) is 17.4. The second-order valence-electron chi connectivity index (χ2n) is 6.35. The van der Waals surface area contributed by atoms with Crippen molar-refractivity contribution in [3.63, 3.8) is 0 Å². The molecule has 1 N–H and O–H groups in total. The lowest BCUT2D eigenvalue weighted by molar-refractivity contribution is 0.0730. The Hall–Kier alpha value is -2.82. The van der Waals surface area contributed by atoms with E-state index < -0.39 is 0 Å². The number of aromatic nitrogens is 1. The Morgan fingerprint density at radius 3 is 2.96 bits per heavy atom. The fourth-order valence-electron chi connectivity index (χ4n) is 3.58. The normalized spacial score (nSPS) is 17.2. The highest BCUT2D eigenvalue weighted by atomic mass is 19.1. The van der Waals surface area contributed by atoms with Crippen molar-refractivity contribution in [2.45, 2.75) is 18.9 Å². The number of methoxy groups -OCH3 is 1. The maximum atomic E-state index is 13.4. The van der Waals surface area contributed by atoms with Gasteiger partial charge in [-0.15, -0.1) is 0 Å². The number of amides is 1. The van der Waals surface area contributed by atoms with Gasteiger partial charge in [-0.1, -0.05) is 12.1 Å². The SMILES string of the molecule is COc1cccc(C2CCCN2C(=O)c2cc3cc(F)ccc3[nH]2)c1. The van der Waals surface area contributed by atoms with Crippen molar-refractivity contribution in [3.05, 3.63) is 65.6 Å². The van der Waals surface area contributed by atoms with Crippen molar-refractivity contribution in [3.8, 4) is 5.75 Å². The molecule has 1 fully saturated rings.